The Balaban J connectivity index is 1.63. The van der Waals surface area contributed by atoms with Crippen LogP contribution in [0.5, 0.6) is 0 Å². The zero-order valence-electron chi connectivity index (χ0n) is 12.2. The molecule has 3 rings (SSSR count). The van der Waals surface area contributed by atoms with Gasteiger partial charge in [-0.05, 0) is 41.1 Å². The van der Waals surface area contributed by atoms with Crippen LogP contribution in [0.2, 0.25) is 0 Å². The highest BCUT2D eigenvalue weighted by Crippen LogP contribution is 2.24. The molecule has 0 fully saturated rings. The first kappa shape index (κ1) is 14.1. The minimum atomic E-state index is 0.954. The average molecular weight is 293 g/mol. The van der Waals surface area contributed by atoms with Crippen LogP contribution in [-0.2, 0) is 6.54 Å². The molecule has 0 aliphatic rings. The number of hydrogen-bond acceptors (Lipinski definition) is 2. The van der Waals surface area contributed by atoms with Crippen molar-refractivity contribution in [1.29, 1.82) is 0 Å². The van der Waals surface area contributed by atoms with Crippen molar-refractivity contribution < 1.29 is 0 Å². The molecule has 2 aromatic carbocycles. The molecule has 0 spiro atoms. The number of fused-ring (bicyclic) bond motifs is 1. The van der Waals surface area contributed by atoms with Crippen molar-refractivity contribution in [2.75, 3.05) is 13.6 Å². The zero-order chi connectivity index (χ0) is 14.5. The van der Waals surface area contributed by atoms with Gasteiger partial charge in [-0.1, -0.05) is 54.6 Å². The van der Waals surface area contributed by atoms with Crippen LogP contribution < -0.4 is 0 Å². The summed E-state index contributed by atoms with van der Waals surface area (Å²) in [5.74, 6) is 0. The normalized spacial score (nSPS) is 11.7. The molecule has 0 saturated carbocycles. The highest BCUT2D eigenvalue weighted by molar-refractivity contribution is 7.17. The molecule has 21 heavy (non-hydrogen) atoms. The second kappa shape index (κ2) is 6.70. The molecular formula is C19H19NS. The van der Waals surface area contributed by atoms with Gasteiger partial charge < -0.3 is 0 Å². The summed E-state index contributed by atoms with van der Waals surface area (Å²) >= 11 is 1.81. The van der Waals surface area contributed by atoms with E-state index in [0.29, 0.717) is 0 Å². The van der Waals surface area contributed by atoms with Gasteiger partial charge in [0.15, 0.2) is 0 Å². The summed E-state index contributed by atoms with van der Waals surface area (Å²) in [5, 5.41) is 3.56. The topological polar surface area (TPSA) is 3.24 Å². The molecule has 1 nitrogen and oxygen atoms in total. The van der Waals surface area contributed by atoms with Crippen LogP contribution in [0.15, 0.2) is 66.1 Å². The molecule has 0 unspecified atom stereocenters. The van der Waals surface area contributed by atoms with Gasteiger partial charge in [0, 0.05) is 17.8 Å². The molecule has 0 amide bonds. The fraction of sp³-hybridized carbons (Fsp3) is 0.158. The van der Waals surface area contributed by atoms with Crippen molar-refractivity contribution in [3.63, 3.8) is 0 Å². The monoisotopic (exact) mass is 293 g/mol. The zero-order valence-corrected chi connectivity index (χ0v) is 13.0. The third-order valence-electron chi connectivity index (χ3n) is 3.55. The van der Waals surface area contributed by atoms with Crippen molar-refractivity contribution >= 4 is 27.5 Å². The largest absolute Gasteiger partial charge is 0.298 e. The molecule has 2 heteroatoms. The van der Waals surface area contributed by atoms with E-state index in [-0.39, 0.29) is 0 Å². The van der Waals surface area contributed by atoms with E-state index in [1.807, 2.05) is 17.4 Å². The lowest BCUT2D eigenvalue weighted by Gasteiger charge is -2.15. The van der Waals surface area contributed by atoms with Gasteiger partial charge in [0.25, 0.3) is 0 Å². The lowest BCUT2D eigenvalue weighted by Crippen LogP contribution is -2.17. The summed E-state index contributed by atoms with van der Waals surface area (Å²) in [4.78, 5) is 2.34. The second-order valence-electron chi connectivity index (χ2n) is 5.26. The van der Waals surface area contributed by atoms with Crippen molar-refractivity contribution in [2.45, 2.75) is 6.54 Å². The summed E-state index contributed by atoms with van der Waals surface area (Å²) in [6.07, 6.45) is 4.41. The molecule has 0 atom stereocenters. The summed E-state index contributed by atoms with van der Waals surface area (Å²) in [7, 11) is 2.17. The van der Waals surface area contributed by atoms with Gasteiger partial charge in [-0.2, -0.15) is 0 Å². The van der Waals surface area contributed by atoms with E-state index in [9.17, 15) is 0 Å². The van der Waals surface area contributed by atoms with Crippen molar-refractivity contribution in [3.8, 4) is 0 Å². The Kier molecular flexibility index (Phi) is 4.49. The van der Waals surface area contributed by atoms with E-state index in [0.717, 1.165) is 13.1 Å². The Morgan fingerprint density at radius 3 is 2.71 bits per heavy atom. The predicted molar refractivity (Wildman–Crippen MR) is 93.6 cm³/mol. The third-order valence-corrected chi connectivity index (χ3v) is 4.44. The van der Waals surface area contributed by atoms with Crippen LogP contribution >= 0.6 is 11.3 Å². The summed E-state index contributed by atoms with van der Waals surface area (Å²) in [6, 6.07) is 19.2. The van der Waals surface area contributed by atoms with Crippen LogP contribution in [-0.4, -0.2) is 18.5 Å². The minimum absolute atomic E-state index is 0.954. The second-order valence-corrected chi connectivity index (χ2v) is 6.21. The predicted octanol–water partition coefficient (Wildman–Crippen LogP) is 5.05. The molecular weight excluding hydrogens is 274 g/mol. The molecule has 0 saturated heterocycles. The van der Waals surface area contributed by atoms with E-state index in [4.69, 9.17) is 0 Å². The molecule has 106 valence electrons. The van der Waals surface area contributed by atoms with Crippen LogP contribution in [0.3, 0.4) is 0 Å². The van der Waals surface area contributed by atoms with Crippen LogP contribution in [0.4, 0.5) is 0 Å². The lowest BCUT2D eigenvalue weighted by molar-refractivity contribution is 0.365. The van der Waals surface area contributed by atoms with E-state index in [1.165, 1.54) is 21.2 Å². The SMILES string of the molecule is CN(C/C=C/c1ccccc1)Cc1cccc2sccc12. The van der Waals surface area contributed by atoms with Gasteiger partial charge >= 0.3 is 0 Å². The van der Waals surface area contributed by atoms with Gasteiger partial charge in [0.1, 0.15) is 0 Å². The molecule has 0 radical (unpaired) electrons. The highest BCUT2D eigenvalue weighted by atomic mass is 32.1. The van der Waals surface area contributed by atoms with Crippen molar-refractivity contribution in [1.82, 2.24) is 4.90 Å². The van der Waals surface area contributed by atoms with E-state index < -0.39 is 0 Å². The first-order valence-electron chi connectivity index (χ1n) is 7.18. The fourth-order valence-electron chi connectivity index (χ4n) is 2.48. The van der Waals surface area contributed by atoms with Gasteiger partial charge in [-0.15, -0.1) is 11.3 Å². The summed E-state index contributed by atoms with van der Waals surface area (Å²) in [6.45, 7) is 1.93. The number of benzene rings is 2. The number of hydrogen-bond donors (Lipinski definition) is 0. The quantitative estimate of drug-likeness (QED) is 0.636. The Morgan fingerprint density at radius 2 is 1.86 bits per heavy atom. The summed E-state index contributed by atoms with van der Waals surface area (Å²) < 4.78 is 1.38. The van der Waals surface area contributed by atoms with Gasteiger partial charge in [0.05, 0.1) is 0 Å². The minimum Gasteiger partial charge on any atom is -0.298 e. The van der Waals surface area contributed by atoms with E-state index in [1.54, 1.807) is 0 Å². The maximum atomic E-state index is 2.34. The van der Waals surface area contributed by atoms with E-state index >= 15 is 0 Å². The molecule has 3 aromatic rings. The Morgan fingerprint density at radius 1 is 1.00 bits per heavy atom. The first-order valence-corrected chi connectivity index (χ1v) is 8.06. The number of nitrogens with zero attached hydrogens (tertiary/aromatic N) is 1. The van der Waals surface area contributed by atoms with E-state index in [2.05, 4.69) is 78.0 Å². The molecule has 0 bridgehead atoms. The van der Waals surface area contributed by atoms with Gasteiger partial charge in [-0.3, -0.25) is 4.90 Å². The van der Waals surface area contributed by atoms with Crippen LogP contribution in [0.25, 0.3) is 16.2 Å². The van der Waals surface area contributed by atoms with Crippen LogP contribution in [0, 0.1) is 0 Å². The van der Waals surface area contributed by atoms with Crippen molar-refractivity contribution in [2.24, 2.45) is 0 Å². The molecule has 0 N–H and O–H groups in total. The number of rotatable bonds is 5. The third kappa shape index (κ3) is 3.60. The highest BCUT2D eigenvalue weighted by Gasteiger charge is 2.04. The molecule has 0 aliphatic carbocycles. The van der Waals surface area contributed by atoms with Crippen LogP contribution in [0.1, 0.15) is 11.1 Å². The first-order chi connectivity index (χ1) is 10.3. The number of thiophene rings is 1. The Hall–Kier alpha value is -1.90. The molecule has 1 aromatic heterocycles. The Bertz CT molecular complexity index is 727. The standard InChI is InChI=1S/C19H19NS/c1-20(13-6-9-16-7-3-2-4-8-16)15-17-10-5-11-19-18(17)12-14-21-19/h2-12,14H,13,15H2,1H3/b9-6+. The fourth-order valence-corrected chi connectivity index (χ4v) is 3.32. The average Bonchev–Trinajstić information content (AvgIpc) is 2.98. The molecule has 0 aliphatic heterocycles. The van der Waals surface area contributed by atoms with Gasteiger partial charge in [0.2, 0.25) is 0 Å². The maximum Gasteiger partial charge on any atom is 0.0345 e. The molecule has 1 heterocycles. The van der Waals surface area contributed by atoms with Crippen molar-refractivity contribution in [3.05, 3.63) is 77.2 Å². The number of likely N-dealkylation sites (N-methyl/N-ethyl adjacent to an activating group) is 1. The maximum absolute atomic E-state index is 2.34. The smallest absolute Gasteiger partial charge is 0.0345 e. The lowest BCUT2D eigenvalue weighted by atomic mass is 10.1. The Labute approximate surface area is 130 Å². The van der Waals surface area contributed by atoms with Gasteiger partial charge in [-0.25, -0.2) is 0 Å². The summed E-state index contributed by atoms with van der Waals surface area (Å²) in [5.41, 5.74) is 2.66.